The molecule has 0 fully saturated rings. The van der Waals surface area contributed by atoms with Crippen molar-refractivity contribution in [2.24, 2.45) is 5.73 Å². The number of benzene rings is 1. The molecule has 0 aliphatic rings. The van der Waals surface area contributed by atoms with E-state index in [4.69, 9.17) is 27.2 Å². The fourth-order valence-corrected chi connectivity index (χ4v) is 2.06. The van der Waals surface area contributed by atoms with E-state index in [9.17, 15) is 0 Å². The smallest absolute Gasteiger partial charge is 0.219 e. The standard InChI is InChI=1S/C15H15ClN6O2/c16-11-3-6-14(18-9-11)24-12-4-1-10(2-5-12)15-19-21-22(20-15)13(17)7-8-23/h1-6,9,13,23H,7-8,17H2. The Morgan fingerprint density at radius 3 is 2.67 bits per heavy atom. The average molecular weight is 347 g/mol. The van der Waals surface area contributed by atoms with E-state index in [0.29, 0.717) is 28.9 Å². The first-order valence-electron chi connectivity index (χ1n) is 7.21. The van der Waals surface area contributed by atoms with E-state index in [-0.39, 0.29) is 6.61 Å². The number of hydrogen-bond acceptors (Lipinski definition) is 7. The van der Waals surface area contributed by atoms with E-state index < -0.39 is 6.17 Å². The average Bonchev–Trinajstić information content (AvgIpc) is 3.08. The summed E-state index contributed by atoms with van der Waals surface area (Å²) in [5, 5.41) is 21.5. The zero-order chi connectivity index (χ0) is 16.9. The van der Waals surface area contributed by atoms with Gasteiger partial charge in [-0.1, -0.05) is 11.6 Å². The normalized spacial score (nSPS) is 12.1. The SMILES string of the molecule is NC(CCO)n1nnc(-c2ccc(Oc3ccc(Cl)cn3)cc2)n1. The molecule has 0 spiro atoms. The van der Waals surface area contributed by atoms with Crippen LogP contribution in [0.15, 0.2) is 42.6 Å². The third-order valence-corrected chi connectivity index (χ3v) is 3.41. The summed E-state index contributed by atoms with van der Waals surface area (Å²) >= 11 is 5.78. The number of hydrogen-bond donors (Lipinski definition) is 2. The minimum Gasteiger partial charge on any atom is -0.439 e. The molecule has 0 bridgehead atoms. The lowest BCUT2D eigenvalue weighted by atomic mass is 10.2. The first kappa shape index (κ1) is 16.3. The Labute approximate surface area is 142 Å². The summed E-state index contributed by atoms with van der Waals surface area (Å²) in [6.07, 6.45) is 1.37. The lowest BCUT2D eigenvalue weighted by Crippen LogP contribution is -2.22. The minimum absolute atomic E-state index is 0.0389. The topological polar surface area (TPSA) is 112 Å². The van der Waals surface area contributed by atoms with Crippen molar-refractivity contribution in [3.8, 4) is 23.0 Å². The van der Waals surface area contributed by atoms with Crippen LogP contribution < -0.4 is 10.5 Å². The number of ether oxygens (including phenoxy) is 1. The predicted molar refractivity (Wildman–Crippen MR) is 87.5 cm³/mol. The molecule has 2 aromatic heterocycles. The number of rotatable bonds is 6. The van der Waals surface area contributed by atoms with E-state index in [1.807, 2.05) is 12.1 Å². The van der Waals surface area contributed by atoms with Gasteiger partial charge in [0.2, 0.25) is 11.7 Å². The Balaban J connectivity index is 1.71. The van der Waals surface area contributed by atoms with Crippen molar-refractivity contribution in [3.63, 3.8) is 0 Å². The molecule has 1 unspecified atom stereocenters. The summed E-state index contributed by atoms with van der Waals surface area (Å²) in [4.78, 5) is 5.35. The fourth-order valence-electron chi connectivity index (χ4n) is 1.94. The molecule has 124 valence electrons. The monoisotopic (exact) mass is 346 g/mol. The molecular formula is C15H15ClN6O2. The number of aliphatic hydroxyl groups is 1. The van der Waals surface area contributed by atoms with Gasteiger partial charge in [-0.05, 0) is 35.5 Å². The molecule has 3 N–H and O–H groups in total. The van der Waals surface area contributed by atoms with E-state index in [1.54, 1.807) is 24.3 Å². The van der Waals surface area contributed by atoms with Gasteiger partial charge in [-0.2, -0.15) is 0 Å². The Bertz CT molecular complexity index is 790. The second-order valence-corrected chi connectivity index (χ2v) is 5.39. The Hall–Kier alpha value is -2.55. The molecule has 1 atom stereocenters. The molecular weight excluding hydrogens is 332 g/mol. The molecule has 3 aromatic rings. The van der Waals surface area contributed by atoms with Gasteiger partial charge in [-0.15, -0.1) is 15.0 Å². The molecule has 24 heavy (non-hydrogen) atoms. The van der Waals surface area contributed by atoms with Crippen LogP contribution in [0, 0.1) is 0 Å². The van der Waals surface area contributed by atoms with Gasteiger partial charge in [0, 0.05) is 30.9 Å². The van der Waals surface area contributed by atoms with Crippen molar-refractivity contribution >= 4 is 11.6 Å². The zero-order valence-electron chi connectivity index (χ0n) is 12.6. The first-order valence-corrected chi connectivity index (χ1v) is 7.59. The van der Waals surface area contributed by atoms with Crippen molar-refractivity contribution in [1.29, 1.82) is 0 Å². The van der Waals surface area contributed by atoms with E-state index in [2.05, 4.69) is 20.4 Å². The second-order valence-electron chi connectivity index (χ2n) is 4.95. The molecule has 0 radical (unpaired) electrons. The summed E-state index contributed by atoms with van der Waals surface area (Å²) in [5.74, 6) is 1.52. The van der Waals surface area contributed by atoms with E-state index in [1.165, 1.54) is 11.0 Å². The van der Waals surface area contributed by atoms with Crippen molar-refractivity contribution < 1.29 is 9.84 Å². The van der Waals surface area contributed by atoms with E-state index >= 15 is 0 Å². The van der Waals surface area contributed by atoms with Gasteiger partial charge in [0.1, 0.15) is 11.9 Å². The highest BCUT2D eigenvalue weighted by atomic mass is 35.5. The quantitative estimate of drug-likeness (QED) is 0.702. The summed E-state index contributed by atoms with van der Waals surface area (Å²) in [7, 11) is 0. The van der Waals surface area contributed by atoms with Gasteiger partial charge in [0.25, 0.3) is 0 Å². The number of aromatic nitrogens is 5. The highest BCUT2D eigenvalue weighted by molar-refractivity contribution is 6.30. The molecule has 3 rings (SSSR count). The fraction of sp³-hybridized carbons (Fsp3) is 0.200. The van der Waals surface area contributed by atoms with Gasteiger partial charge in [-0.3, -0.25) is 0 Å². The second kappa shape index (κ2) is 7.35. The number of halogens is 1. The zero-order valence-corrected chi connectivity index (χ0v) is 13.3. The van der Waals surface area contributed by atoms with Gasteiger partial charge >= 0.3 is 0 Å². The number of nitrogens with two attached hydrogens (primary N) is 1. The third kappa shape index (κ3) is 3.85. The molecule has 0 aliphatic carbocycles. The maximum atomic E-state index is 8.89. The van der Waals surface area contributed by atoms with Gasteiger partial charge in [-0.25, -0.2) is 4.98 Å². The summed E-state index contributed by atoms with van der Waals surface area (Å²) in [6, 6.07) is 10.6. The molecule has 0 saturated carbocycles. The molecule has 0 aliphatic heterocycles. The van der Waals surface area contributed by atoms with Crippen LogP contribution >= 0.6 is 11.6 Å². The first-order chi connectivity index (χ1) is 11.7. The van der Waals surface area contributed by atoms with Crippen LogP contribution in [-0.4, -0.2) is 36.9 Å². The predicted octanol–water partition coefficient (Wildman–Crippen LogP) is 2.02. The van der Waals surface area contributed by atoms with Crippen LogP contribution in [0.25, 0.3) is 11.4 Å². The lowest BCUT2D eigenvalue weighted by Gasteiger charge is -2.06. The van der Waals surface area contributed by atoms with Crippen molar-refractivity contribution in [2.45, 2.75) is 12.6 Å². The number of tetrazole rings is 1. The van der Waals surface area contributed by atoms with Crippen LogP contribution in [0.4, 0.5) is 0 Å². The van der Waals surface area contributed by atoms with Crippen molar-refractivity contribution in [2.75, 3.05) is 6.61 Å². The number of pyridine rings is 1. The Morgan fingerprint density at radius 2 is 2.00 bits per heavy atom. The van der Waals surface area contributed by atoms with Gasteiger partial charge in [0.15, 0.2) is 0 Å². The van der Waals surface area contributed by atoms with Crippen LogP contribution in [0.3, 0.4) is 0 Å². The third-order valence-electron chi connectivity index (χ3n) is 3.18. The number of nitrogens with zero attached hydrogens (tertiary/aromatic N) is 5. The Morgan fingerprint density at radius 1 is 1.21 bits per heavy atom. The van der Waals surface area contributed by atoms with Crippen molar-refractivity contribution in [3.05, 3.63) is 47.6 Å². The molecule has 2 heterocycles. The maximum absolute atomic E-state index is 8.89. The van der Waals surface area contributed by atoms with Gasteiger partial charge < -0.3 is 15.6 Å². The summed E-state index contributed by atoms with van der Waals surface area (Å²) in [6.45, 7) is -0.0389. The van der Waals surface area contributed by atoms with Crippen LogP contribution in [0.1, 0.15) is 12.6 Å². The molecule has 1 aromatic carbocycles. The van der Waals surface area contributed by atoms with E-state index in [0.717, 1.165) is 5.56 Å². The molecule has 0 amide bonds. The highest BCUT2D eigenvalue weighted by Gasteiger charge is 2.11. The lowest BCUT2D eigenvalue weighted by molar-refractivity contribution is 0.244. The largest absolute Gasteiger partial charge is 0.439 e. The van der Waals surface area contributed by atoms with Crippen LogP contribution in [-0.2, 0) is 0 Å². The van der Waals surface area contributed by atoms with Gasteiger partial charge in [0.05, 0.1) is 5.02 Å². The highest BCUT2D eigenvalue weighted by Crippen LogP contribution is 2.23. The molecule has 0 saturated heterocycles. The number of aliphatic hydroxyl groups excluding tert-OH is 1. The molecule has 8 nitrogen and oxygen atoms in total. The Kier molecular flexibility index (Phi) is 4.99. The minimum atomic E-state index is -0.505. The van der Waals surface area contributed by atoms with Crippen molar-refractivity contribution in [1.82, 2.24) is 25.2 Å². The van der Waals surface area contributed by atoms with Crippen LogP contribution in [0.5, 0.6) is 11.6 Å². The molecule has 9 heteroatoms. The summed E-state index contributed by atoms with van der Waals surface area (Å²) in [5.41, 5.74) is 6.59. The van der Waals surface area contributed by atoms with Crippen LogP contribution in [0.2, 0.25) is 5.02 Å². The summed E-state index contributed by atoms with van der Waals surface area (Å²) < 4.78 is 5.62. The maximum Gasteiger partial charge on any atom is 0.219 e.